The van der Waals surface area contributed by atoms with Gasteiger partial charge in [-0.2, -0.15) is 0 Å². The summed E-state index contributed by atoms with van der Waals surface area (Å²) in [5, 5.41) is 14.7. The molecule has 0 bridgehead atoms. The molecule has 0 radical (unpaired) electrons. The molecule has 0 amide bonds. The molecule has 0 heterocycles. The van der Waals surface area contributed by atoms with Gasteiger partial charge in [0.2, 0.25) is 0 Å². The van der Waals surface area contributed by atoms with Crippen molar-refractivity contribution >= 4 is 23.0 Å². The molecule has 1 aromatic carbocycles. The van der Waals surface area contributed by atoms with E-state index in [1.54, 1.807) is 12.1 Å². The van der Waals surface area contributed by atoms with Gasteiger partial charge in [0.1, 0.15) is 0 Å². The highest BCUT2D eigenvalue weighted by Crippen LogP contribution is 2.22. The maximum atomic E-state index is 10.9. The number of nitrogens with one attached hydrogen (secondary N) is 1. The molecule has 0 saturated heterocycles. The van der Waals surface area contributed by atoms with Crippen LogP contribution < -0.4 is 5.32 Å². The molecular weight excluding hydrogens is 300 g/mol. The Morgan fingerprint density at radius 1 is 1.41 bits per heavy atom. The number of rotatable bonds is 7. The molecule has 0 unspecified atom stereocenters. The molecule has 1 aromatic rings. The predicted octanol–water partition coefficient (Wildman–Crippen LogP) is 2.41. The lowest BCUT2D eigenvalue weighted by Gasteiger charge is -2.28. The van der Waals surface area contributed by atoms with E-state index < -0.39 is 0 Å². The molecular formula is C15H24N4O2S. The Bertz CT molecular complexity index is 522. The van der Waals surface area contributed by atoms with Crippen molar-refractivity contribution in [2.75, 3.05) is 34.2 Å². The first-order chi connectivity index (χ1) is 10.3. The SMILES string of the molecule is C[C@@H](c1cccc([N+](=O)[O-])c1)N(C)C(=S)NCCCN(C)C. The normalized spacial score (nSPS) is 12.0. The molecule has 0 spiro atoms. The van der Waals surface area contributed by atoms with Gasteiger partial charge in [-0.15, -0.1) is 0 Å². The Morgan fingerprint density at radius 2 is 2.09 bits per heavy atom. The van der Waals surface area contributed by atoms with Crippen molar-refractivity contribution in [1.82, 2.24) is 15.1 Å². The van der Waals surface area contributed by atoms with E-state index in [0.717, 1.165) is 25.1 Å². The van der Waals surface area contributed by atoms with E-state index in [1.807, 2.05) is 39.0 Å². The minimum absolute atomic E-state index is 0.0336. The topological polar surface area (TPSA) is 61.7 Å². The van der Waals surface area contributed by atoms with Crippen LogP contribution in [-0.4, -0.2) is 54.1 Å². The largest absolute Gasteiger partial charge is 0.363 e. The number of nitrogens with zero attached hydrogens (tertiary/aromatic N) is 3. The number of nitro benzene ring substituents is 1. The lowest BCUT2D eigenvalue weighted by atomic mass is 10.1. The van der Waals surface area contributed by atoms with E-state index in [1.165, 1.54) is 6.07 Å². The average Bonchev–Trinajstić information content (AvgIpc) is 2.49. The van der Waals surface area contributed by atoms with Crippen LogP contribution in [0.1, 0.15) is 24.9 Å². The zero-order chi connectivity index (χ0) is 16.7. The van der Waals surface area contributed by atoms with Crippen molar-refractivity contribution in [3.05, 3.63) is 39.9 Å². The Morgan fingerprint density at radius 3 is 2.68 bits per heavy atom. The molecule has 0 saturated carbocycles. The molecule has 7 heteroatoms. The van der Waals surface area contributed by atoms with Crippen LogP contribution >= 0.6 is 12.2 Å². The molecule has 1 N–H and O–H groups in total. The van der Waals surface area contributed by atoms with Gasteiger partial charge < -0.3 is 15.1 Å². The summed E-state index contributed by atoms with van der Waals surface area (Å²) in [7, 11) is 5.97. The number of benzene rings is 1. The van der Waals surface area contributed by atoms with Crippen molar-refractivity contribution in [1.29, 1.82) is 0 Å². The van der Waals surface area contributed by atoms with Gasteiger partial charge in [0.15, 0.2) is 5.11 Å². The van der Waals surface area contributed by atoms with E-state index in [0.29, 0.717) is 5.11 Å². The molecule has 122 valence electrons. The van der Waals surface area contributed by atoms with Crippen LogP contribution in [0.3, 0.4) is 0 Å². The maximum Gasteiger partial charge on any atom is 0.269 e. The summed E-state index contributed by atoms with van der Waals surface area (Å²) in [4.78, 5) is 14.5. The predicted molar refractivity (Wildman–Crippen MR) is 93.0 cm³/mol. The van der Waals surface area contributed by atoms with Crippen LogP contribution in [0, 0.1) is 10.1 Å². The first kappa shape index (κ1) is 18.3. The summed E-state index contributed by atoms with van der Waals surface area (Å²) in [5.74, 6) is 0. The molecule has 0 fully saturated rings. The Hall–Kier alpha value is -1.73. The van der Waals surface area contributed by atoms with Gasteiger partial charge in [-0.05, 0) is 51.8 Å². The number of hydrogen-bond donors (Lipinski definition) is 1. The number of non-ortho nitro benzene ring substituents is 1. The summed E-state index contributed by atoms with van der Waals surface area (Å²) < 4.78 is 0. The summed E-state index contributed by atoms with van der Waals surface area (Å²) in [6, 6.07) is 6.63. The Labute approximate surface area is 137 Å². The van der Waals surface area contributed by atoms with Crippen molar-refractivity contribution in [3.8, 4) is 0 Å². The van der Waals surface area contributed by atoms with E-state index in [9.17, 15) is 10.1 Å². The van der Waals surface area contributed by atoms with Crippen LogP contribution in [-0.2, 0) is 0 Å². The van der Waals surface area contributed by atoms with Crippen molar-refractivity contribution < 1.29 is 4.92 Å². The third-order valence-corrected chi connectivity index (χ3v) is 3.96. The fourth-order valence-corrected chi connectivity index (χ4v) is 2.27. The Balaban J connectivity index is 2.60. The summed E-state index contributed by atoms with van der Waals surface area (Å²) in [5.41, 5.74) is 0.969. The highest BCUT2D eigenvalue weighted by atomic mass is 32.1. The van der Waals surface area contributed by atoms with E-state index in [4.69, 9.17) is 12.2 Å². The second-order valence-corrected chi connectivity index (χ2v) is 5.91. The number of nitro groups is 1. The highest BCUT2D eigenvalue weighted by Gasteiger charge is 2.16. The zero-order valence-electron chi connectivity index (χ0n) is 13.6. The van der Waals surface area contributed by atoms with Crippen molar-refractivity contribution in [2.24, 2.45) is 0 Å². The first-order valence-corrected chi connectivity index (χ1v) is 7.63. The molecule has 0 aliphatic carbocycles. The maximum absolute atomic E-state index is 10.9. The molecule has 0 aromatic heterocycles. The fraction of sp³-hybridized carbons (Fsp3) is 0.533. The monoisotopic (exact) mass is 324 g/mol. The van der Waals surface area contributed by atoms with Gasteiger partial charge in [-0.3, -0.25) is 10.1 Å². The lowest BCUT2D eigenvalue weighted by molar-refractivity contribution is -0.384. The van der Waals surface area contributed by atoms with Gasteiger partial charge in [0, 0.05) is 25.7 Å². The van der Waals surface area contributed by atoms with Gasteiger partial charge in [0.25, 0.3) is 5.69 Å². The highest BCUT2D eigenvalue weighted by molar-refractivity contribution is 7.80. The van der Waals surface area contributed by atoms with E-state index in [-0.39, 0.29) is 16.7 Å². The van der Waals surface area contributed by atoms with Gasteiger partial charge in [0.05, 0.1) is 11.0 Å². The van der Waals surface area contributed by atoms with Crippen molar-refractivity contribution in [3.63, 3.8) is 0 Å². The van der Waals surface area contributed by atoms with Crippen LogP contribution in [0.4, 0.5) is 5.69 Å². The van der Waals surface area contributed by atoms with Gasteiger partial charge >= 0.3 is 0 Å². The third kappa shape index (κ3) is 5.57. The zero-order valence-corrected chi connectivity index (χ0v) is 14.4. The van der Waals surface area contributed by atoms with Crippen LogP contribution in [0.15, 0.2) is 24.3 Å². The summed E-state index contributed by atoms with van der Waals surface area (Å²) in [6.07, 6.45) is 1.01. The van der Waals surface area contributed by atoms with Crippen LogP contribution in [0.25, 0.3) is 0 Å². The second-order valence-electron chi connectivity index (χ2n) is 5.53. The molecule has 0 aliphatic rings. The minimum Gasteiger partial charge on any atom is -0.363 e. The standard InChI is InChI=1S/C15H24N4O2S/c1-12(13-7-5-8-14(11-13)19(20)21)18(4)15(22)16-9-6-10-17(2)3/h5,7-8,11-12H,6,9-10H2,1-4H3,(H,16,22)/t12-/m0/s1. The lowest BCUT2D eigenvalue weighted by Crippen LogP contribution is -2.39. The molecule has 1 atom stereocenters. The molecule has 0 aliphatic heterocycles. The van der Waals surface area contributed by atoms with Crippen LogP contribution in [0.2, 0.25) is 0 Å². The number of thiocarbonyl (C=S) groups is 1. The average molecular weight is 324 g/mol. The smallest absolute Gasteiger partial charge is 0.269 e. The summed E-state index contributed by atoms with van der Waals surface area (Å²) in [6.45, 7) is 3.79. The molecule has 1 rings (SSSR count). The summed E-state index contributed by atoms with van der Waals surface area (Å²) >= 11 is 5.38. The van der Waals surface area contributed by atoms with Crippen LogP contribution in [0.5, 0.6) is 0 Å². The minimum atomic E-state index is -0.381. The van der Waals surface area contributed by atoms with Crippen molar-refractivity contribution in [2.45, 2.75) is 19.4 Å². The third-order valence-electron chi connectivity index (χ3n) is 3.52. The van der Waals surface area contributed by atoms with E-state index in [2.05, 4.69) is 10.2 Å². The quantitative estimate of drug-likeness (QED) is 0.360. The second kappa shape index (κ2) is 8.65. The molecule has 22 heavy (non-hydrogen) atoms. The fourth-order valence-electron chi connectivity index (χ4n) is 2.01. The first-order valence-electron chi connectivity index (χ1n) is 7.22. The van der Waals surface area contributed by atoms with Gasteiger partial charge in [-0.25, -0.2) is 0 Å². The Kier molecular flexibility index (Phi) is 7.20. The van der Waals surface area contributed by atoms with Gasteiger partial charge in [-0.1, -0.05) is 12.1 Å². The molecule has 6 nitrogen and oxygen atoms in total. The number of hydrogen-bond acceptors (Lipinski definition) is 4. The van der Waals surface area contributed by atoms with E-state index >= 15 is 0 Å².